The van der Waals surface area contributed by atoms with Crippen molar-refractivity contribution in [1.82, 2.24) is 4.90 Å². The third-order valence-corrected chi connectivity index (χ3v) is 3.10. The monoisotopic (exact) mass is 221 g/mol. The van der Waals surface area contributed by atoms with Crippen LogP contribution in [0.2, 0.25) is 0 Å². The molecule has 0 bridgehead atoms. The Morgan fingerprint density at radius 3 is 2.75 bits per heavy atom. The highest BCUT2D eigenvalue weighted by molar-refractivity contribution is 5.31. The quantitative estimate of drug-likeness (QED) is 0.849. The average Bonchev–Trinajstić information content (AvgIpc) is 2.30. The van der Waals surface area contributed by atoms with Gasteiger partial charge in [-0.15, -0.1) is 0 Å². The van der Waals surface area contributed by atoms with Gasteiger partial charge >= 0.3 is 0 Å². The summed E-state index contributed by atoms with van der Waals surface area (Å²) in [6.07, 6.45) is 2.44. The van der Waals surface area contributed by atoms with Crippen LogP contribution < -0.4 is 4.74 Å². The van der Waals surface area contributed by atoms with Crippen molar-refractivity contribution in [2.24, 2.45) is 0 Å². The molecule has 1 saturated heterocycles. The van der Waals surface area contributed by atoms with Gasteiger partial charge in [0.1, 0.15) is 17.6 Å². The van der Waals surface area contributed by atoms with Gasteiger partial charge in [-0.05, 0) is 31.5 Å². The van der Waals surface area contributed by atoms with Crippen molar-refractivity contribution >= 4 is 0 Å². The zero-order chi connectivity index (χ0) is 11.4. The van der Waals surface area contributed by atoms with Crippen LogP contribution in [0.1, 0.15) is 19.8 Å². The minimum atomic E-state index is 0.267. The molecule has 0 unspecified atom stereocenters. The summed E-state index contributed by atoms with van der Waals surface area (Å²) in [6.45, 7) is 5.54. The number of hydrogen-bond donors (Lipinski definition) is 1. The van der Waals surface area contributed by atoms with Gasteiger partial charge < -0.3 is 14.7 Å². The molecule has 88 valence electrons. The molecule has 0 amide bonds. The summed E-state index contributed by atoms with van der Waals surface area (Å²) in [7, 11) is 0. The Bertz CT molecular complexity index is 332. The van der Waals surface area contributed by atoms with Gasteiger partial charge in [0.25, 0.3) is 0 Å². The minimum absolute atomic E-state index is 0.267. The Labute approximate surface area is 96.6 Å². The fourth-order valence-corrected chi connectivity index (χ4v) is 2.09. The van der Waals surface area contributed by atoms with Crippen LogP contribution in [0.15, 0.2) is 24.3 Å². The largest absolute Gasteiger partial charge is 0.508 e. The molecular weight excluding hydrogens is 202 g/mol. The van der Waals surface area contributed by atoms with E-state index < -0.39 is 0 Å². The maximum absolute atomic E-state index is 9.33. The third kappa shape index (κ3) is 2.89. The molecule has 3 heteroatoms. The van der Waals surface area contributed by atoms with Gasteiger partial charge in [0.2, 0.25) is 0 Å². The zero-order valence-corrected chi connectivity index (χ0v) is 9.72. The van der Waals surface area contributed by atoms with Gasteiger partial charge in [0.05, 0.1) is 0 Å². The summed E-state index contributed by atoms with van der Waals surface area (Å²) in [6, 6.07) is 7.04. The van der Waals surface area contributed by atoms with Gasteiger partial charge in [-0.3, -0.25) is 0 Å². The molecule has 16 heavy (non-hydrogen) atoms. The maximum Gasteiger partial charge on any atom is 0.123 e. The maximum atomic E-state index is 9.33. The second kappa shape index (κ2) is 5.21. The second-order valence-corrected chi connectivity index (χ2v) is 4.25. The molecule has 0 atom stereocenters. The Hall–Kier alpha value is -1.22. The molecule has 0 spiro atoms. The lowest BCUT2D eigenvalue weighted by Crippen LogP contribution is -2.37. The molecule has 0 radical (unpaired) electrons. The average molecular weight is 221 g/mol. The number of aromatic hydroxyl groups is 1. The Kier molecular flexibility index (Phi) is 3.67. The molecule has 0 aromatic heterocycles. The van der Waals surface area contributed by atoms with Crippen LogP contribution in [0.4, 0.5) is 0 Å². The molecule has 1 aromatic rings. The van der Waals surface area contributed by atoms with Gasteiger partial charge in [-0.2, -0.15) is 0 Å². The highest BCUT2D eigenvalue weighted by Gasteiger charge is 2.19. The fraction of sp³-hybridized carbons (Fsp3) is 0.538. The van der Waals surface area contributed by atoms with Crippen molar-refractivity contribution in [1.29, 1.82) is 0 Å². The Morgan fingerprint density at radius 2 is 2.12 bits per heavy atom. The standard InChI is InChI=1S/C13H19NO2/c1-2-14-8-6-12(7-9-14)16-13-5-3-4-11(15)10-13/h3-5,10,12,15H,2,6-9H2,1H3. The fourth-order valence-electron chi connectivity index (χ4n) is 2.09. The number of benzene rings is 1. The van der Waals surface area contributed by atoms with E-state index in [1.807, 2.05) is 12.1 Å². The summed E-state index contributed by atoms with van der Waals surface area (Å²) in [5.41, 5.74) is 0. The number of phenols is 1. The molecule has 1 fully saturated rings. The van der Waals surface area contributed by atoms with Crippen LogP contribution in [0.25, 0.3) is 0 Å². The van der Waals surface area contributed by atoms with E-state index in [9.17, 15) is 5.11 Å². The predicted octanol–water partition coefficient (Wildman–Crippen LogP) is 2.26. The van der Waals surface area contributed by atoms with E-state index >= 15 is 0 Å². The first-order chi connectivity index (χ1) is 7.78. The number of ether oxygens (including phenoxy) is 1. The number of hydrogen-bond acceptors (Lipinski definition) is 3. The van der Waals surface area contributed by atoms with E-state index in [0.717, 1.165) is 38.2 Å². The van der Waals surface area contributed by atoms with E-state index in [0.29, 0.717) is 6.10 Å². The molecule has 0 aliphatic carbocycles. The highest BCUT2D eigenvalue weighted by Crippen LogP contribution is 2.22. The van der Waals surface area contributed by atoms with E-state index in [2.05, 4.69) is 11.8 Å². The number of nitrogens with zero attached hydrogens (tertiary/aromatic N) is 1. The van der Waals surface area contributed by atoms with E-state index in [1.165, 1.54) is 0 Å². The molecule has 1 aromatic carbocycles. The molecule has 1 heterocycles. The number of phenolic OH excluding ortho intramolecular Hbond substituents is 1. The zero-order valence-electron chi connectivity index (χ0n) is 9.72. The summed E-state index contributed by atoms with van der Waals surface area (Å²) in [4.78, 5) is 2.43. The van der Waals surface area contributed by atoms with Crippen molar-refractivity contribution in [2.75, 3.05) is 19.6 Å². The second-order valence-electron chi connectivity index (χ2n) is 4.25. The van der Waals surface area contributed by atoms with Crippen LogP contribution in [0.3, 0.4) is 0 Å². The number of likely N-dealkylation sites (tertiary alicyclic amines) is 1. The molecule has 3 nitrogen and oxygen atoms in total. The summed E-state index contributed by atoms with van der Waals surface area (Å²) in [5.74, 6) is 1.04. The smallest absolute Gasteiger partial charge is 0.123 e. The molecule has 2 rings (SSSR count). The molecular formula is C13H19NO2. The highest BCUT2D eigenvalue weighted by atomic mass is 16.5. The van der Waals surface area contributed by atoms with Gasteiger partial charge in [-0.1, -0.05) is 13.0 Å². The van der Waals surface area contributed by atoms with Crippen molar-refractivity contribution in [2.45, 2.75) is 25.9 Å². The van der Waals surface area contributed by atoms with Gasteiger partial charge in [-0.25, -0.2) is 0 Å². The third-order valence-electron chi connectivity index (χ3n) is 3.10. The van der Waals surface area contributed by atoms with Crippen molar-refractivity contribution < 1.29 is 9.84 Å². The first kappa shape index (κ1) is 11.3. The predicted molar refractivity (Wildman–Crippen MR) is 63.9 cm³/mol. The lowest BCUT2D eigenvalue weighted by atomic mass is 10.1. The first-order valence-electron chi connectivity index (χ1n) is 5.96. The molecule has 0 saturated carbocycles. The lowest BCUT2D eigenvalue weighted by Gasteiger charge is -2.31. The van der Waals surface area contributed by atoms with Crippen LogP contribution in [0, 0.1) is 0 Å². The summed E-state index contributed by atoms with van der Waals surface area (Å²) < 4.78 is 5.84. The summed E-state index contributed by atoms with van der Waals surface area (Å²) >= 11 is 0. The number of rotatable bonds is 3. The first-order valence-corrected chi connectivity index (χ1v) is 5.96. The minimum Gasteiger partial charge on any atom is -0.508 e. The normalized spacial score (nSPS) is 18.6. The van der Waals surface area contributed by atoms with E-state index in [-0.39, 0.29) is 5.75 Å². The van der Waals surface area contributed by atoms with Crippen molar-refractivity contribution in [3.63, 3.8) is 0 Å². The molecule has 1 aliphatic heterocycles. The van der Waals surface area contributed by atoms with Gasteiger partial charge in [0, 0.05) is 19.2 Å². The van der Waals surface area contributed by atoms with Gasteiger partial charge in [0.15, 0.2) is 0 Å². The Morgan fingerprint density at radius 1 is 1.38 bits per heavy atom. The van der Waals surface area contributed by atoms with Crippen molar-refractivity contribution in [3.05, 3.63) is 24.3 Å². The van der Waals surface area contributed by atoms with E-state index in [1.54, 1.807) is 12.1 Å². The number of piperidine rings is 1. The van der Waals surface area contributed by atoms with Crippen LogP contribution in [-0.4, -0.2) is 35.7 Å². The van der Waals surface area contributed by atoms with Crippen LogP contribution >= 0.6 is 0 Å². The molecule has 1 N–H and O–H groups in total. The van der Waals surface area contributed by atoms with E-state index in [4.69, 9.17) is 4.74 Å². The Balaban J connectivity index is 1.87. The van der Waals surface area contributed by atoms with Crippen molar-refractivity contribution in [3.8, 4) is 11.5 Å². The summed E-state index contributed by atoms with van der Waals surface area (Å²) in [5, 5.41) is 9.33. The SMILES string of the molecule is CCN1CCC(Oc2cccc(O)c2)CC1. The topological polar surface area (TPSA) is 32.7 Å². The lowest BCUT2D eigenvalue weighted by molar-refractivity contribution is 0.103. The molecule has 1 aliphatic rings. The van der Waals surface area contributed by atoms with Crippen LogP contribution in [0.5, 0.6) is 11.5 Å². The van der Waals surface area contributed by atoms with Crippen LogP contribution in [-0.2, 0) is 0 Å².